The van der Waals surface area contributed by atoms with Crippen molar-refractivity contribution in [2.24, 2.45) is 5.92 Å². The van der Waals surface area contributed by atoms with Crippen molar-refractivity contribution in [3.63, 3.8) is 0 Å². The summed E-state index contributed by atoms with van der Waals surface area (Å²) in [6.45, 7) is 1.60. The maximum absolute atomic E-state index is 13.0. The molecule has 1 saturated heterocycles. The lowest BCUT2D eigenvalue weighted by Crippen LogP contribution is -2.24. The molecule has 1 amide bonds. The Labute approximate surface area is 102 Å². The Morgan fingerprint density at radius 3 is 3.00 bits per heavy atom. The molecule has 1 fully saturated rings. The van der Waals surface area contributed by atoms with Gasteiger partial charge in [0.05, 0.1) is 10.4 Å². The number of hydrogen-bond acceptors (Lipinski definition) is 2. The van der Waals surface area contributed by atoms with Gasteiger partial charge in [-0.3, -0.25) is 4.79 Å². The first-order valence-corrected chi connectivity index (χ1v) is 5.93. The smallest absolute Gasteiger partial charge is 0.228 e. The van der Waals surface area contributed by atoms with Crippen LogP contribution in [-0.2, 0) is 4.79 Å². The third-order valence-electron chi connectivity index (χ3n) is 2.62. The topological polar surface area (TPSA) is 41.1 Å². The van der Waals surface area contributed by atoms with Gasteiger partial charge in [-0.05, 0) is 47.1 Å². The van der Waals surface area contributed by atoms with Crippen LogP contribution in [0.2, 0.25) is 0 Å². The average Bonchev–Trinajstić information content (AvgIpc) is 2.77. The lowest BCUT2D eigenvalue weighted by molar-refractivity contribution is -0.119. The molecule has 0 spiro atoms. The lowest BCUT2D eigenvalue weighted by Gasteiger charge is -2.10. The van der Waals surface area contributed by atoms with Crippen LogP contribution in [0.5, 0.6) is 0 Å². The van der Waals surface area contributed by atoms with E-state index in [0.717, 1.165) is 13.0 Å². The summed E-state index contributed by atoms with van der Waals surface area (Å²) in [6.07, 6.45) is 0.855. The van der Waals surface area contributed by atoms with E-state index in [-0.39, 0.29) is 17.6 Å². The molecule has 1 aromatic rings. The molecule has 1 aliphatic heterocycles. The molecular weight excluding hydrogens is 275 g/mol. The standard InChI is InChI=1S/C11H12BrFN2O/c12-9-5-8(1-2-10(9)13)15-11(16)7-3-4-14-6-7/h1-2,5,7,14H,3-4,6H2,(H,15,16). The Hall–Kier alpha value is -0.940. The number of benzene rings is 1. The quantitative estimate of drug-likeness (QED) is 0.875. The van der Waals surface area contributed by atoms with Crippen molar-refractivity contribution in [1.29, 1.82) is 0 Å². The van der Waals surface area contributed by atoms with E-state index >= 15 is 0 Å². The largest absolute Gasteiger partial charge is 0.326 e. The minimum Gasteiger partial charge on any atom is -0.326 e. The summed E-state index contributed by atoms with van der Waals surface area (Å²) in [7, 11) is 0. The molecule has 16 heavy (non-hydrogen) atoms. The second-order valence-electron chi connectivity index (χ2n) is 3.81. The molecule has 0 aliphatic carbocycles. The molecule has 86 valence electrons. The highest BCUT2D eigenvalue weighted by molar-refractivity contribution is 9.10. The normalized spacial score (nSPS) is 19.8. The number of halogens is 2. The molecule has 2 rings (SSSR count). The molecular formula is C11H12BrFN2O. The van der Waals surface area contributed by atoms with Crippen molar-refractivity contribution in [1.82, 2.24) is 5.32 Å². The maximum Gasteiger partial charge on any atom is 0.228 e. The highest BCUT2D eigenvalue weighted by Crippen LogP contribution is 2.21. The predicted molar refractivity (Wildman–Crippen MR) is 63.7 cm³/mol. The van der Waals surface area contributed by atoms with Crippen molar-refractivity contribution in [3.05, 3.63) is 28.5 Å². The summed E-state index contributed by atoms with van der Waals surface area (Å²) < 4.78 is 13.3. The van der Waals surface area contributed by atoms with Gasteiger partial charge >= 0.3 is 0 Å². The summed E-state index contributed by atoms with van der Waals surface area (Å²) >= 11 is 3.08. The Morgan fingerprint density at radius 2 is 2.38 bits per heavy atom. The summed E-state index contributed by atoms with van der Waals surface area (Å²) in [4.78, 5) is 11.8. The van der Waals surface area contributed by atoms with Crippen molar-refractivity contribution >= 4 is 27.5 Å². The van der Waals surface area contributed by atoms with Gasteiger partial charge in [-0.25, -0.2) is 4.39 Å². The Kier molecular flexibility index (Phi) is 3.56. The van der Waals surface area contributed by atoms with E-state index < -0.39 is 0 Å². The van der Waals surface area contributed by atoms with Gasteiger partial charge in [0.1, 0.15) is 5.82 Å². The molecule has 1 unspecified atom stereocenters. The SMILES string of the molecule is O=C(Nc1ccc(F)c(Br)c1)C1CCNC1. The van der Waals surface area contributed by atoms with E-state index in [2.05, 4.69) is 26.6 Å². The summed E-state index contributed by atoms with van der Waals surface area (Å²) in [5.41, 5.74) is 0.616. The number of nitrogens with one attached hydrogen (secondary N) is 2. The number of carbonyl (C=O) groups excluding carboxylic acids is 1. The van der Waals surface area contributed by atoms with E-state index in [1.165, 1.54) is 6.07 Å². The predicted octanol–water partition coefficient (Wildman–Crippen LogP) is 2.14. The Morgan fingerprint density at radius 1 is 1.56 bits per heavy atom. The molecule has 1 atom stereocenters. The number of amides is 1. The van der Waals surface area contributed by atoms with Gasteiger partial charge in [-0.15, -0.1) is 0 Å². The van der Waals surface area contributed by atoms with Crippen molar-refractivity contribution in [2.75, 3.05) is 18.4 Å². The molecule has 3 nitrogen and oxygen atoms in total. The van der Waals surface area contributed by atoms with E-state index in [9.17, 15) is 9.18 Å². The molecule has 1 aliphatic rings. The van der Waals surface area contributed by atoms with Crippen LogP contribution in [0, 0.1) is 11.7 Å². The van der Waals surface area contributed by atoms with Crippen molar-refractivity contribution < 1.29 is 9.18 Å². The first kappa shape index (κ1) is 11.5. The number of rotatable bonds is 2. The van der Waals surface area contributed by atoms with Crippen LogP contribution >= 0.6 is 15.9 Å². The highest BCUT2D eigenvalue weighted by atomic mass is 79.9. The molecule has 5 heteroatoms. The summed E-state index contributed by atoms with van der Waals surface area (Å²) in [5, 5.41) is 5.91. The van der Waals surface area contributed by atoms with Crippen molar-refractivity contribution in [2.45, 2.75) is 6.42 Å². The lowest BCUT2D eigenvalue weighted by atomic mass is 10.1. The molecule has 0 radical (unpaired) electrons. The van der Waals surface area contributed by atoms with E-state index in [0.29, 0.717) is 16.7 Å². The summed E-state index contributed by atoms with van der Waals surface area (Å²) in [6, 6.07) is 4.45. The fraction of sp³-hybridized carbons (Fsp3) is 0.364. The van der Waals surface area contributed by atoms with Gasteiger partial charge in [0, 0.05) is 12.2 Å². The van der Waals surface area contributed by atoms with Gasteiger partial charge in [-0.1, -0.05) is 0 Å². The molecule has 0 bridgehead atoms. The fourth-order valence-electron chi connectivity index (χ4n) is 1.70. The van der Waals surface area contributed by atoms with Crippen LogP contribution in [-0.4, -0.2) is 19.0 Å². The zero-order chi connectivity index (χ0) is 11.5. The van der Waals surface area contributed by atoms with Crippen LogP contribution in [0.15, 0.2) is 22.7 Å². The van der Waals surface area contributed by atoms with E-state index in [4.69, 9.17) is 0 Å². The van der Waals surface area contributed by atoms with Gasteiger partial charge < -0.3 is 10.6 Å². The van der Waals surface area contributed by atoms with Crippen molar-refractivity contribution in [3.8, 4) is 0 Å². The molecule has 2 N–H and O–H groups in total. The van der Waals surface area contributed by atoms with Gasteiger partial charge in [0.15, 0.2) is 0 Å². The number of hydrogen-bond donors (Lipinski definition) is 2. The third kappa shape index (κ3) is 2.59. The minimum absolute atomic E-state index is 0.0106. The zero-order valence-electron chi connectivity index (χ0n) is 8.59. The molecule has 1 aromatic carbocycles. The minimum atomic E-state index is -0.333. The average molecular weight is 287 g/mol. The van der Waals surface area contributed by atoms with E-state index in [1.54, 1.807) is 12.1 Å². The monoisotopic (exact) mass is 286 g/mol. The second-order valence-corrected chi connectivity index (χ2v) is 4.66. The van der Waals surface area contributed by atoms with Crippen LogP contribution < -0.4 is 10.6 Å². The van der Waals surface area contributed by atoms with Crippen LogP contribution in [0.1, 0.15) is 6.42 Å². The van der Waals surface area contributed by atoms with Crippen LogP contribution in [0.25, 0.3) is 0 Å². The first-order valence-electron chi connectivity index (χ1n) is 5.13. The first-order chi connectivity index (χ1) is 7.66. The highest BCUT2D eigenvalue weighted by Gasteiger charge is 2.22. The van der Waals surface area contributed by atoms with Gasteiger partial charge in [0.25, 0.3) is 0 Å². The summed E-state index contributed by atoms with van der Waals surface area (Å²) in [5.74, 6) is -0.326. The molecule has 0 aromatic heterocycles. The maximum atomic E-state index is 13.0. The van der Waals surface area contributed by atoms with Crippen LogP contribution in [0.4, 0.5) is 10.1 Å². The third-order valence-corrected chi connectivity index (χ3v) is 3.23. The van der Waals surface area contributed by atoms with E-state index in [1.807, 2.05) is 0 Å². The Bertz CT molecular complexity index is 405. The zero-order valence-corrected chi connectivity index (χ0v) is 10.2. The van der Waals surface area contributed by atoms with Gasteiger partial charge in [0.2, 0.25) is 5.91 Å². The number of carbonyl (C=O) groups is 1. The number of anilines is 1. The van der Waals surface area contributed by atoms with Gasteiger partial charge in [-0.2, -0.15) is 0 Å². The fourth-order valence-corrected chi connectivity index (χ4v) is 2.08. The second kappa shape index (κ2) is 4.93. The van der Waals surface area contributed by atoms with Crippen LogP contribution in [0.3, 0.4) is 0 Å². The molecule has 1 heterocycles. The molecule has 0 saturated carbocycles. The Balaban J connectivity index is 2.02.